The average molecular weight is 417 g/mol. The maximum atomic E-state index is 12.6. The first-order valence-corrected chi connectivity index (χ1v) is 10.8. The van der Waals surface area contributed by atoms with E-state index in [9.17, 15) is 18.0 Å². The summed E-state index contributed by atoms with van der Waals surface area (Å²) in [5, 5.41) is 2.67. The van der Waals surface area contributed by atoms with Crippen LogP contribution in [0, 0.1) is 6.92 Å². The zero-order valence-electron chi connectivity index (χ0n) is 16.6. The van der Waals surface area contributed by atoms with Crippen LogP contribution in [0.4, 0.5) is 11.5 Å². The lowest BCUT2D eigenvalue weighted by atomic mass is 10.1. The summed E-state index contributed by atoms with van der Waals surface area (Å²) in [6.45, 7) is 5.21. The van der Waals surface area contributed by atoms with Crippen molar-refractivity contribution in [3.63, 3.8) is 0 Å². The number of nitrogens with one attached hydrogen (secondary N) is 2. The van der Waals surface area contributed by atoms with Crippen LogP contribution in [0.25, 0.3) is 0 Å². The lowest BCUT2D eigenvalue weighted by Gasteiger charge is -2.20. The van der Waals surface area contributed by atoms with Crippen LogP contribution in [0.2, 0.25) is 0 Å². The molecule has 2 amide bonds. The monoisotopic (exact) mass is 416 g/mol. The van der Waals surface area contributed by atoms with Gasteiger partial charge >= 0.3 is 0 Å². The fraction of sp³-hybridized carbons (Fsp3) is 0.350. The molecule has 0 saturated heterocycles. The standard InChI is InChI=1S/C20H24N4O4S/c1-13-5-4-9-21-20(13)23-19(26)8-10-22-29(27,28)17-6-7-18-16(12-17)11-14(2)24(18)15(3)25/h4-7,9,12,14,22H,8,10-11H2,1-3H3,(H,21,23,26)/t14-/m0/s1. The molecule has 2 N–H and O–H groups in total. The summed E-state index contributed by atoms with van der Waals surface area (Å²) < 4.78 is 27.6. The maximum Gasteiger partial charge on any atom is 0.240 e. The molecule has 9 heteroatoms. The van der Waals surface area contributed by atoms with Crippen LogP contribution in [0.5, 0.6) is 0 Å². The topological polar surface area (TPSA) is 108 Å². The summed E-state index contributed by atoms with van der Waals surface area (Å²) in [4.78, 5) is 29.7. The molecule has 154 valence electrons. The van der Waals surface area contributed by atoms with E-state index in [2.05, 4.69) is 15.0 Å². The summed E-state index contributed by atoms with van der Waals surface area (Å²) in [6.07, 6.45) is 2.16. The highest BCUT2D eigenvalue weighted by Gasteiger charge is 2.30. The molecule has 1 aliphatic rings. The lowest BCUT2D eigenvalue weighted by molar-refractivity contribution is -0.117. The number of pyridine rings is 1. The number of hydrogen-bond donors (Lipinski definition) is 2. The Morgan fingerprint density at radius 3 is 2.72 bits per heavy atom. The number of benzene rings is 1. The van der Waals surface area contributed by atoms with Crippen molar-refractivity contribution in [1.82, 2.24) is 9.71 Å². The van der Waals surface area contributed by atoms with Crippen LogP contribution in [-0.2, 0) is 26.0 Å². The van der Waals surface area contributed by atoms with Gasteiger partial charge in [-0.25, -0.2) is 18.1 Å². The molecule has 1 aromatic carbocycles. The molecule has 8 nitrogen and oxygen atoms in total. The molecular formula is C20H24N4O4S. The van der Waals surface area contributed by atoms with Crippen molar-refractivity contribution < 1.29 is 18.0 Å². The Labute approximate surface area is 170 Å². The minimum Gasteiger partial charge on any atom is -0.310 e. The van der Waals surface area contributed by atoms with E-state index < -0.39 is 10.0 Å². The van der Waals surface area contributed by atoms with E-state index in [1.807, 2.05) is 19.9 Å². The molecule has 0 unspecified atom stereocenters. The Bertz CT molecular complexity index is 1050. The number of carbonyl (C=O) groups excluding carboxylic acids is 2. The summed E-state index contributed by atoms with van der Waals surface area (Å²) in [5.41, 5.74) is 2.39. The van der Waals surface area contributed by atoms with Crippen molar-refractivity contribution in [2.75, 3.05) is 16.8 Å². The molecule has 1 atom stereocenters. The van der Waals surface area contributed by atoms with Crippen molar-refractivity contribution >= 4 is 33.3 Å². The van der Waals surface area contributed by atoms with Gasteiger partial charge in [-0.2, -0.15) is 0 Å². The second-order valence-corrected chi connectivity index (χ2v) is 8.86. The molecule has 0 saturated carbocycles. The van der Waals surface area contributed by atoms with E-state index in [0.29, 0.717) is 12.2 Å². The van der Waals surface area contributed by atoms with Crippen molar-refractivity contribution in [3.05, 3.63) is 47.7 Å². The van der Waals surface area contributed by atoms with Gasteiger partial charge in [0, 0.05) is 37.8 Å². The minimum absolute atomic E-state index is 0.00726. The number of aryl methyl sites for hydroxylation is 1. The number of aromatic nitrogens is 1. The molecular weight excluding hydrogens is 392 g/mol. The molecule has 0 aliphatic carbocycles. The lowest BCUT2D eigenvalue weighted by Crippen LogP contribution is -2.33. The number of anilines is 2. The molecule has 1 aromatic heterocycles. The van der Waals surface area contributed by atoms with Gasteiger partial charge in [-0.05, 0) is 55.7 Å². The first kappa shape index (κ1) is 20.9. The number of sulfonamides is 1. The van der Waals surface area contributed by atoms with Crippen LogP contribution >= 0.6 is 0 Å². The van der Waals surface area contributed by atoms with Gasteiger partial charge in [-0.3, -0.25) is 9.59 Å². The Hall–Kier alpha value is -2.78. The number of nitrogens with zero attached hydrogens (tertiary/aromatic N) is 2. The molecule has 2 heterocycles. The molecule has 0 spiro atoms. The molecule has 1 aliphatic heterocycles. The zero-order valence-corrected chi connectivity index (χ0v) is 17.4. The van der Waals surface area contributed by atoms with E-state index in [4.69, 9.17) is 0 Å². The molecule has 0 radical (unpaired) electrons. The summed E-state index contributed by atoms with van der Waals surface area (Å²) in [6, 6.07) is 8.32. The Morgan fingerprint density at radius 1 is 1.28 bits per heavy atom. The number of rotatable bonds is 6. The molecule has 3 rings (SSSR count). The number of fused-ring (bicyclic) bond motifs is 1. The van der Waals surface area contributed by atoms with Crippen molar-refractivity contribution in [1.29, 1.82) is 0 Å². The van der Waals surface area contributed by atoms with E-state index in [-0.39, 0.29) is 35.7 Å². The first-order valence-electron chi connectivity index (χ1n) is 9.33. The van der Waals surface area contributed by atoms with Gasteiger partial charge in [0.15, 0.2) is 0 Å². The summed E-state index contributed by atoms with van der Waals surface area (Å²) in [7, 11) is -3.76. The van der Waals surface area contributed by atoms with Crippen LogP contribution in [0.3, 0.4) is 0 Å². The van der Waals surface area contributed by atoms with E-state index in [1.54, 1.807) is 29.3 Å². The summed E-state index contributed by atoms with van der Waals surface area (Å²) >= 11 is 0. The van der Waals surface area contributed by atoms with Crippen LogP contribution in [0.1, 0.15) is 31.4 Å². The van der Waals surface area contributed by atoms with Crippen molar-refractivity contribution in [2.24, 2.45) is 0 Å². The highest BCUT2D eigenvalue weighted by molar-refractivity contribution is 7.89. The van der Waals surface area contributed by atoms with Gasteiger partial charge in [-0.15, -0.1) is 0 Å². The van der Waals surface area contributed by atoms with E-state index in [0.717, 1.165) is 16.8 Å². The van der Waals surface area contributed by atoms with Gasteiger partial charge in [0.05, 0.1) is 4.90 Å². The van der Waals surface area contributed by atoms with Crippen molar-refractivity contribution in [3.8, 4) is 0 Å². The van der Waals surface area contributed by atoms with Gasteiger partial charge in [0.1, 0.15) is 5.82 Å². The van der Waals surface area contributed by atoms with E-state index >= 15 is 0 Å². The third-order valence-corrected chi connectivity index (χ3v) is 6.29. The summed E-state index contributed by atoms with van der Waals surface area (Å²) in [5.74, 6) is 0.0663. The first-order chi connectivity index (χ1) is 13.7. The third-order valence-electron chi connectivity index (χ3n) is 4.83. The minimum atomic E-state index is -3.76. The van der Waals surface area contributed by atoms with Gasteiger partial charge in [-0.1, -0.05) is 6.07 Å². The quantitative estimate of drug-likeness (QED) is 0.749. The number of hydrogen-bond acceptors (Lipinski definition) is 5. The zero-order chi connectivity index (χ0) is 21.2. The maximum absolute atomic E-state index is 12.6. The Kier molecular flexibility index (Phi) is 5.99. The van der Waals surface area contributed by atoms with Crippen LogP contribution in [-0.4, -0.2) is 37.8 Å². The average Bonchev–Trinajstić information content (AvgIpc) is 2.98. The van der Waals surface area contributed by atoms with Gasteiger partial charge < -0.3 is 10.2 Å². The second kappa shape index (κ2) is 8.30. The Balaban J connectivity index is 1.62. The van der Waals surface area contributed by atoms with Gasteiger partial charge in [0.2, 0.25) is 21.8 Å². The fourth-order valence-corrected chi connectivity index (χ4v) is 4.53. The smallest absolute Gasteiger partial charge is 0.240 e. The highest BCUT2D eigenvalue weighted by atomic mass is 32.2. The van der Waals surface area contributed by atoms with Gasteiger partial charge in [0.25, 0.3) is 0 Å². The number of amides is 2. The van der Waals surface area contributed by atoms with Crippen LogP contribution in [0.15, 0.2) is 41.4 Å². The molecule has 29 heavy (non-hydrogen) atoms. The molecule has 2 aromatic rings. The van der Waals surface area contributed by atoms with Crippen LogP contribution < -0.4 is 14.9 Å². The predicted octanol–water partition coefficient (Wildman–Crippen LogP) is 1.99. The van der Waals surface area contributed by atoms with Crippen molar-refractivity contribution in [2.45, 2.75) is 44.6 Å². The molecule has 0 fully saturated rings. The normalized spacial score (nSPS) is 15.8. The predicted molar refractivity (Wildman–Crippen MR) is 110 cm³/mol. The molecule has 0 bridgehead atoms. The third kappa shape index (κ3) is 4.63. The van der Waals surface area contributed by atoms with E-state index in [1.165, 1.54) is 13.0 Å². The SMILES string of the molecule is CC(=O)N1c2ccc(S(=O)(=O)NCCC(=O)Nc3ncccc3C)cc2C[C@@H]1C. The highest BCUT2D eigenvalue weighted by Crippen LogP contribution is 2.33. The fourth-order valence-electron chi connectivity index (χ4n) is 3.45. The largest absolute Gasteiger partial charge is 0.310 e. The number of carbonyl (C=O) groups is 2. The second-order valence-electron chi connectivity index (χ2n) is 7.10. The Morgan fingerprint density at radius 2 is 2.03 bits per heavy atom.